The molecule has 1 atom stereocenters. The summed E-state index contributed by atoms with van der Waals surface area (Å²) in [6, 6.07) is 9.28. The molecule has 0 radical (unpaired) electrons. The van der Waals surface area contributed by atoms with Crippen LogP contribution in [0.5, 0.6) is 5.75 Å². The minimum atomic E-state index is -3.40. The van der Waals surface area contributed by atoms with Crippen molar-refractivity contribution in [3.63, 3.8) is 0 Å². The van der Waals surface area contributed by atoms with Crippen molar-refractivity contribution in [2.45, 2.75) is 30.0 Å². The summed E-state index contributed by atoms with van der Waals surface area (Å²) in [5, 5.41) is 1.76. The summed E-state index contributed by atoms with van der Waals surface area (Å²) in [5.41, 5.74) is 2.33. The van der Waals surface area contributed by atoms with E-state index < -0.39 is 10.0 Å². The number of hydrogen-bond acceptors (Lipinski definition) is 4. The van der Waals surface area contributed by atoms with E-state index in [1.807, 2.05) is 19.1 Å². The molecule has 0 unspecified atom stereocenters. The summed E-state index contributed by atoms with van der Waals surface area (Å²) < 4.78 is 32.9. The number of ether oxygens (including phenoxy) is 1. The molecule has 21 heavy (non-hydrogen) atoms. The maximum atomic E-state index is 12.2. The fourth-order valence-corrected chi connectivity index (χ4v) is 4.75. The molecule has 1 N–H and O–H groups in total. The first-order chi connectivity index (χ1) is 10.0. The van der Waals surface area contributed by atoms with Gasteiger partial charge in [0, 0.05) is 12.5 Å². The Morgan fingerprint density at radius 1 is 1.38 bits per heavy atom. The Kier molecular flexibility index (Phi) is 4.01. The van der Waals surface area contributed by atoms with E-state index in [0.717, 1.165) is 24.3 Å². The molecule has 0 spiro atoms. The largest absolute Gasteiger partial charge is 0.493 e. The number of thiophene rings is 1. The van der Waals surface area contributed by atoms with Crippen LogP contribution in [0.25, 0.3) is 0 Å². The number of nitrogens with one attached hydrogen (secondary N) is 1. The van der Waals surface area contributed by atoms with Gasteiger partial charge in [0.05, 0.1) is 6.61 Å². The smallest absolute Gasteiger partial charge is 0.250 e. The molecule has 0 bridgehead atoms. The van der Waals surface area contributed by atoms with Gasteiger partial charge in [-0.25, -0.2) is 13.1 Å². The number of fused-ring (bicyclic) bond motifs is 1. The standard InChI is InChI=1S/C15H17NO3S2/c1-11(16-21(17,18)15-3-2-8-20-15)9-12-4-5-14-13(10-12)6-7-19-14/h2-5,8,10-11,16H,6-7,9H2,1H3/t11-/m1/s1. The highest BCUT2D eigenvalue weighted by Gasteiger charge is 2.19. The van der Waals surface area contributed by atoms with Gasteiger partial charge in [-0.15, -0.1) is 11.3 Å². The number of rotatable bonds is 5. The van der Waals surface area contributed by atoms with E-state index in [1.165, 1.54) is 16.9 Å². The van der Waals surface area contributed by atoms with Crippen LogP contribution in [0, 0.1) is 0 Å². The van der Waals surface area contributed by atoms with Crippen molar-refractivity contribution in [2.24, 2.45) is 0 Å². The van der Waals surface area contributed by atoms with Crippen LogP contribution in [0.15, 0.2) is 39.9 Å². The molecular formula is C15H17NO3S2. The predicted molar refractivity (Wildman–Crippen MR) is 83.4 cm³/mol. The van der Waals surface area contributed by atoms with Crippen LogP contribution in [0.4, 0.5) is 0 Å². The van der Waals surface area contributed by atoms with Crippen LogP contribution in [0.1, 0.15) is 18.1 Å². The molecule has 0 saturated heterocycles. The minimum Gasteiger partial charge on any atom is -0.493 e. The molecule has 1 aromatic carbocycles. The second-order valence-electron chi connectivity index (χ2n) is 5.20. The number of benzene rings is 1. The molecule has 2 heterocycles. The van der Waals surface area contributed by atoms with E-state index in [9.17, 15) is 8.42 Å². The van der Waals surface area contributed by atoms with Gasteiger partial charge in [0.2, 0.25) is 10.0 Å². The average molecular weight is 323 g/mol. The fraction of sp³-hybridized carbons (Fsp3) is 0.333. The first kappa shape index (κ1) is 14.6. The molecule has 0 fully saturated rings. The highest BCUT2D eigenvalue weighted by atomic mass is 32.2. The van der Waals surface area contributed by atoms with Crippen molar-refractivity contribution in [1.29, 1.82) is 0 Å². The molecule has 0 amide bonds. The summed E-state index contributed by atoms with van der Waals surface area (Å²) in [7, 11) is -3.40. The molecular weight excluding hydrogens is 306 g/mol. The topological polar surface area (TPSA) is 55.4 Å². The average Bonchev–Trinajstić information content (AvgIpc) is 3.09. The summed E-state index contributed by atoms with van der Waals surface area (Å²) in [4.78, 5) is 0. The van der Waals surface area contributed by atoms with Crippen LogP contribution >= 0.6 is 11.3 Å². The van der Waals surface area contributed by atoms with E-state index in [-0.39, 0.29) is 6.04 Å². The Bertz CT molecular complexity index is 723. The molecule has 0 saturated carbocycles. The number of sulfonamides is 1. The summed E-state index contributed by atoms with van der Waals surface area (Å²) in [5.74, 6) is 0.950. The van der Waals surface area contributed by atoms with Gasteiger partial charge in [-0.1, -0.05) is 18.2 Å². The first-order valence-corrected chi connectivity index (χ1v) is 9.21. The first-order valence-electron chi connectivity index (χ1n) is 6.85. The third-order valence-corrected chi connectivity index (χ3v) is 6.40. The molecule has 3 rings (SSSR count). The lowest BCUT2D eigenvalue weighted by molar-refractivity contribution is 0.357. The molecule has 0 aliphatic carbocycles. The maximum Gasteiger partial charge on any atom is 0.250 e. The van der Waals surface area contributed by atoms with Crippen molar-refractivity contribution < 1.29 is 13.2 Å². The van der Waals surface area contributed by atoms with Crippen molar-refractivity contribution >= 4 is 21.4 Å². The Morgan fingerprint density at radius 3 is 3.00 bits per heavy atom. The predicted octanol–water partition coefficient (Wildman–Crippen LogP) is 2.59. The van der Waals surface area contributed by atoms with Crippen molar-refractivity contribution in [3.05, 3.63) is 46.8 Å². The van der Waals surface area contributed by atoms with Crippen molar-refractivity contribution in [2.75, 3.05) is 6.61 Å². The van der Waals surface area contributed by atoms with Gasteiger partial charge >= 0.3 is 0 Å². The van der Waals surface area contributed by atoms with Crippen LogP contribution in [-0.2, 0) is 22.9 Å². The Morgan fingerprint density at radius 2 is 2.24 bits per heavy atom. The lowest BCUT2D eigenvalue weighted by Crippen LogP contribution is -2.33. The fourth-order valence-electron chi connectivity index (χ4n) is 2.50. The monoisotopic (exact) mass is 323 g/mol. The Hall–Kier alpha value is -1.37. The van der Waals surface area contributed by atoms with Crippen molar-refractivity contribution in [1.82, 2.24) is 4.72 Å². The summed E-state index contributed by atoms with van der Waals surface area (Å²) in [6.07, 6.45) is 1.59. The molecule has 4 nitrogen and oxygen atoms in total. The van der Waals surface area contributed by atoms with Gasteiger partial charge in [-0.05, 0) is 42.0 Å². The molecule has 2 aromatic rings. The second-order valence-corrected chi connectivity index (χ2v) is 8.09. The molecule has 1 aromatic heterocycles. The molecule has 1 aliphatic heterocycles. The lowest BCUT2D eigenvalue weighted by atomic mass is 10.0. The van der Waals surface area contributed by atoms with Gasteiger partial charge in [-0.3, -0.25) is 0 Å². The Labute approximate surface area is 128 Å². The zero-order valence-electron chi connectivity index (χ0n) is 11.7. The summed E-state index contributed by atoms with van der Waals surface area (Å²) in [6.45, 7) is 2.62. The molecule has 1 aliphatic rings. The zero-order chi connectivity index (χ0) is 14.9. The summed E-state index contributed by atoms with van der Waals surface area (Å²) >= 11 is 1.23. The zero-order valence-corrected chi connectivity index (χ0v) is 13.3. The quantitative estimate of drug-likeness (QED) is 0.920. The van der Waals surface area contributed by atoms with Crippen LogP contribution < -0.4 is 9.46 Å². The SMILES string of the molecule is C[C@H](Cc1ccc2c(c1)CCO2)NS(=O)(=O)c1cccs1. The third kappa shape index (κ3) is 3.28. The molecule has 112 valence electrons. The van der Waals surface area contributed by atoms with E-state index >= 15 is 0 Å². The maximum absolute atomic E-state index is 12.2. The Balaban J connectivity index is 1.68. The van der Waals surface area contributed by atoms with Gasteiger partial charge in [-0.2, -0.15) is 0 Å². The van der Waals surface area contributed by atoms with Gasteiger partial charge < -0.3 is 4.74 Å². The van der Waals surface area contributed by atoms with Crippen LogP contribution in [0.3, 0.4) is 0 Å². The van der Waals surface area contributed by atoms with Crippen LogP contribution in [0.2, 0.25) is 0 Å². The second kappa shape index (κ2) is 5.79. The van der Waals surface area contributed by atoms with Crippen LogP contribution in [-0.4, -0.2) is 21.1 Å². The normalized spacial score (nSPS) is 15.5. The van der Waals surface area contributed by atoms with E-state index in [1.54, 1.807) is 17.5 Å². The van der Waals surface area contributed by atoms with Gasteiger partial charge in [0.1, 0.15) is 9.96 Å². The lowest BCUT2D eigenvalue weighted by Gasteiger charge is -2.14. The van der Waals surface area contributed by atoms with Gasteiger partial charge in [0.15, 0.2) is 0 Å². The van der Waals surface area contributed by atoms with E-state index in [4.69, 9.17) is 4.74 Å². The minimum absolute atomic E-state index is 0.155. The van der Waals surface area contributed by atoms with E-state index in [2.05, 4.69) is 10.8 Å². The van der Waals surface area contributed by atoms with Gasteiger partial charge in [0.25, 0.3) is 0 Å². The molecule has 6 heteroatoms. The highest BCUT2D eigenvalue weighted by molar-refractivity contribution is 7.91. The highest BCUT2D eigenvalue weighted by Crippen LogP contribution is 2.26. The number of hydrogen-bond donors (Lipinski definition) is 1. The third-order valence-electron chi connectivity index (χ3n) is 3.41. The van der Waals surface area contributed by atoms with Crippen molar-refractivity contribution in [3.8, 4) is 5.75 Å². The van der Waals surface area contributed by atoms with E-state index in [0.29, 0.717) is 10.6 Å².